The molecule has 0 aliphatic heterocycles. The molecule has 0 aliphatic carbocycles. The zero-order chi connectivity index (χ0) is 7.23. The first-order valence-electron chi connectivity index (χ1n) is 2.69. The molecule has 1 aromatic heterocycles. The van der Waals surface area contributed by atoms with Gasteiger partial charge in [-0.1, -0.05) is 0 Å². The van der Waals surface area contributed by atoms with Crippen molar-refractivity contribution in [1.82, 2.24) is 0 Å². The van der Waals surface area contributed by atoms with E-state index in [9.17, 15) is 4.79 Å². The van der Waals surface area contributed by atoms with E-state index < -0.39 is 0 Å². The molecule has 0 fully saturated rings. The lowest BCUT2D eigenvalue weighted by Gasteiger charge is -1.75. The summed E-state index contributed by atoms with van der Waals surface area (Å²) in [7, 11) is 0. The molecule has 0 atom stereocenters. The first-order valence-corrected chi connectivity index (χ1v) is 3.63. The van der Waals surface area contributed by atoms with Gasteiger partial charge in [0.2, 0.25) is 6.08 Å². The lowest BCUT2D eigenvalue weighted by molar-refractivity contribution is 0.565. The quantitative estimate of drug-likeness (QED) is 0.470. The molecule has 0 N–H and O–H groups in total. The number of aliphatic imine (C=N–C) groups is 1. The van der Waals surface area contributed by atoms with Crippen LogP contribution < -0.4 is 0 Å². The lowest BCUT2D eigenvalue weighted by Crippen LogP contribution is -1.56. The predicted octanol–water partition coefficient (Wildman–Crippen LogP) is 2.05. The van der Waals surface area contributed by atoms with Crippen LogP contribution in [-0.4, -0.2) is 6.08 Å². The molecule has 0 unspecified atom stereocenters. The lowest BCUT2D eigenvalue weighted by atomic mass is 10.3. The summed E-state index contributed by atoms with van der Waals surface area (Å²) < 4.78 is 0. The summed E-state index contributed by atoms with van der Waals surface area (Å²) in [6, 6.07) is 1.95. The van der Waals surface area contributed by atoms with Gasteiger partial charge in [-0.2, -0.15) is 16.3 Å². The van der Waals surface area contributed by atoms with Gasteiger partial charge in [-0.3, -0.25) is 0 Å². The van der Waals surface area contributed by atoms with E-state index in [-0.39, 0.29) is 0 Å². The van der Waals surface area contributed by atoms with Crippen molar-refractivity contribution in [2.24, 2.45) is 4.99 Å². The summed E-state index contributed by atoms with van der Waals surface area (Å²) in [6.07, 6.45) is 4.60. The molecule has 2 nitrogen and oxygen atoms in total. The Balaban J connectivity index is 2.63. The summed E-state index contributed by atoms with van der Waals surface area (Å²) in [5, 5.41) is 3.93. The summed E-state index contributed by atoms with van der Waals surface area (Å²) in [4.78, 5) is 12.9. The molecule has 3 heteroatoms. The highest BCUT2D eigenvalue weighted by Gasteiger charge is 1.81. The number of nitrogens with zero attached hydrogens (tertiary/aromatic N) is 1. The van der Waals surface area contributed by atoms with E-state index >= 15 is 0 Å². The Morgan fingerprint density at radius 1 is 1.70 bits per heavy atom. The third-order valence-electron chi connectivity index (χ3n) is 0.937. The zero-order valence-corrected chi connectivity index (χ0v) is 5.97. The molecular weight excluding hydrogens is 146 g/mol. The summed E-state index contributed by atoms with van der Waals surface area (Å²) in [5.74, 6) is 0. The molecule has 0 saturated heterocycles. The number of hydrogen-bond acceptors (Lipinski definition) is 3. The van der Waals surface area contributed by atoms with Crippen molar-refractivity contribution in [3.05, 3.63) is 28.6 Å². The molecule has 1 rings (SSSR count). The van der Waals surface area contributed by atoms with E-state index in [4.69, 9.17) is 0 Å². The molecule has 0 amide bonds. The minimum atomic E-state index is 1.06. The predicted molar refractivity (Wildman–Crippen MR) is 41.5 cm³/mol. The van der Waals surface area contributed by atoms with Crippen LogP contribution >= 0.6 is 11.3 Å². The van der Waals surface area contributed by atoms with Crippen LogP contribution in [0.5, 0.6) is 0 Å². The summed E-state index contributed by atoms with van der Waals surface area (Å²) in [6.45, 7) is 0. The molecule has 0 bridgehead atoms. The van der Waals surface area contributed by atoms with Gasteiger partial charge in [0.15, 0.2) is 0 Å². The number of hydrogen-bond donors (Lipinski definition) is 0. The first-order chi connectivity index (χ1) is 4.93. The average molecular weight is 151 g/mol. The highest BCUT2D eigenvalue weighted by atomic mass is 32.1. The van der Waals surface area contributed by atoms with E-state index in [0.29, 0.717) is 0 Å². The van der Waals surface area contributed by atoms with Crippen LogP contribution in [0.4, 0.5) is 0 Å². The summed E-state index contributed by atoms with van der Waals surface area (Å²) >= 11 is 1.61. The third kappa shape index (κ3) is 1.97. The van der Waals surface area contributed by atoms with Crippen molar-refractivity contribution >= 4 is 23.5 Å². The van der Waals surface area contributed by atoms with Gasteiger partial charge in [-0.15, -0.1) is 0 Å². The Kier molecular flexibility index (Phi) is 2.62. The first kappa shape index (κ1) is 6.93. The monoisotopic (exact) mass is 151 g/mol. The Bertz CT molecular complexity index is 257. The van der Waals surface area contributed by atoms with Crippen molar-refractivity contribution in [2.45, 2.75) is 0 Å². The number of isocyanates is 1. The molecule has 0 saturated carbocycles. The van der Waals surface area contributed by atoms with Gasteiger partial charge >= 0.3 is 0 Å². The number of carbonyl (C=O) groups excluding carboxylic acids is 1. The van der Waals surface area contributed by atoms with Crippen LogP contribution in [0.3, 0.4) is 0 Å². The van der Waals surface area contributed by atoms with Crippen molar-refractivity contribution in [3.63, 3.8) is 0 Å². The minimum Gasteiger partial charge on any atom is -0.211 e. The molecule has 0 aliphatic rings. The van der Waals surface area contributed by atoms with E-state index in [1.54, 1.807) is 17.4 Å². The van der Waals surface area contributed by atoms with E-state index in [1.807, 2.05) is 16.8 Å². The fourth-order valence-electron chi connectivity index (χ4n) is 0.524. The van der Waals surface area contributed by atoms with Gasteiger partial charge in [0.25, 0.3) is 0 Å². The molecule has 0 aromatic carbocycles. The standard InChI is InChI=1S/C7H5NOS/c9-6-8-3-1-7-2-4-10-5-7/h1-5H. The molecule has 50 valence electrons. The van der Waals surface area contributed by atoms with Crippen molar-refractivity contribution in [2.75, 3.05) is 0 Å². The smallest absolute Gasteiger partial charge is 0.211 e. The number of rotatable bonds is 2. The van der Waals surface area contributed by atoms with Crippen LogP contribution in [-0.2, 0) is 4.79 Å². The largest absolute Gasteiger partial charge is 0.239 e. The molecular formula is C7H5NOS. The molecule has 1 heterocycles. The van der Waals surface area contributed by atoms with Crippen molar-refractivity contribution in [1.29, 1.82) is 0 Å². The maximum atomic E-state index is 9.59. The van der Waals surface area contributed by atoms with Crippen molar-refractivity contribution in [3.8, 4) is 0 Å². The van der Waals surface area contributed by atoms with E-state index in [2.05, 4.69) is 4.99 Å². The average Bonchev–Trinajstić information content (AvgIpc) is 2.41. The van der Waals surface area contributed by atoms with Gasteiger partial charge in [-0.05, 0) is 28.5 Å². The van der Waals surface area contributed by atoms with Gasteiger partial charge in [0.1, 0.15) is 0 Å². The molecule has 1 aromatic rings. The summed E-state index contributed by atoms with van der Waals surface area (Å²) in [5.41, 5.74) is 1.06. The maximum absolute atomic E-state index is 9.59. The topological polar surface area (TPSA) is 29.4 Å². The van der Waals surface area contributed by atoms with Crippen LogP contribution in [0.2, 0.25) is 0 Å². The second-order valence-corrected chi connectivity index (χ2v) is 2.37. The van der Waals surface area contributed by atoms with Crippen molar-refractivity contribution < 1.29 is 4.79 Å². The van der Waals surface area contributed by atoms with Gasteiger partial charge in [-0.25, -0.2) is 4.79 Å². The fourth-order valence-corrected chi connectivity index (χ4v) is 1.15. The van der Waals surface area contributed by atoms with Crippen LogP contribution in [0.15, 0.2) is 28.0 Å². The second kappa shape index (κ2) is 3.77. The Morgan fingerprint density at radius 3 is 3.20 bits per heavy atom. The van der Waals surface area contributed by atoms with Gasteiger partial charge < -0.3 is 0 Å². The molecule has 0 radical (unpaired) electrons. The Labute approximate surface area is 62.5 Å². The molecule has 10 heavy (non-hydrogen) atoms. The Morgan fingerprint density at radius 2 is 2.60 bits per heavy atom. The fraction of sp³-hybridized carbons (Fsp3) is 0. The normalized spacial score (nSPS) is 9.60. The van der Waals surface area contributed by atoms with Crippen LogP contribution in [0.1, 0.15) is 5.56 Å². The van der Waals surface area contributed by atoms with Gasteiger partial charge in [0, 0.05) is 6.20 Å². The number of thiophene rings is 1. The SMILES string of the molecule is O=C=NC=Cc1ccsc1. The van der Waals surface area contributed by atoms with Crippen LogP contribution in [0, 0.1) is 0 Å². The van der Waals surface area contributed by atoms with Crippen LogP contribution in [0.25, 0.3) is 6.08 Å². The second-order valence-electron chi connectivity index (χ2n) is 1.59. The third-order valence-corrected chi connectivity index (χ3v) is 1.64. The maximum Gasteiger partial charge on any atom is 0.239 e. The Hall–Kier alpha value is -1.18. The van der Waals surface area contributed by atoms with Gasteiger partial charge in [0.05, 0.1) is 0 Å². The highest BCUT2D eigenvalue weighted by molar-refractivity contribution is 7.08. The highest BCUT2D eigenvalue weighted by Crippen LogP contribution is 2.06. The molecule has 0 spiro atoms. The minimum absolute atomic E-state index is 1.06. The zero-order valence-electron chi connectivity index (χ0n) is 5.15. The van der Waals surface area contributed by atoms with E-state index in [1.165, 1.54) is 12.3 Å². The van der Waals surface area contributed by atoms with E-state index in [0.717, 1.165) is 5.56 Å².